The van der Waals surface area contributed by atoms with Gasteiger partial charge in [0.2, 0.25) is 0 Å². The highest BCUT2D eigenvalue weighted by molar-refractivity contribution is 6.31. The van der Waals surface area contributed by atoms with Crippen LogP contribution in [0.5, 0.6) is 0 Å². The normalized spacial score (nSPS) is 16.2. The van der Waals surface area contributed by atoms with E-state index in [2.05, 4.69) is 4.98 Å². The van der Waals surface area contributed by atoms with Crippen molar-refractivity contribution in [2.24, 2.45) is 4.99 Å². The molecule has 4 rings (SSSR count). The van der Waals surface area contributed by atoms with E-state index in [9.17, 15) is 9.90 Å². The van der Waals surface area contributed by atoms with Gasteiger partial charge in [-0.05, 0) is 6.07 Å². The SMILES string of the molecule is O=C(O)N1CCOC(c2ncc(N=C(c3ccccc3)c3ccccc3)cc2Cl)C1. The van der Waals surface area contributed by atoms with E-state index in [1.165, 1.54) is 4.90 Å². The third-order valence-electron chi connectivity index (χ3n) is 4.83. The molecule has 0 spiro atoms. The number of nitrogens with zero attached hydrogens (tertiary/aromatic N) is 3. The van der Waals surface area contributed by atoms with Gasteiger partial charge in [0.15, 0.2) is 0 Å². The summed E-state index contributed by atoms with van der Waals surface area (Å²) < 4.78 is 5.70. The van der Waals surface area contributed by atoms with E-state index < -0.39 is 12.2 Å². The van der Waals surface area contributed by atoms with Crippen molar-refractivity contribution in [3.8, 4) is 0 Å². The molecule has 0 saturated carbocycles. The Kier molecular flexibility index (Phi) is 6.07. The number of morpholine rings is 1. The summed E-state index contributed by atoms with van der Waals surface area (Å²) in [5, 5.41) is 9.63. The minimum absolute atomic E-state index is 0.198. The first kappa shape index (κ1) is 20.1. The lowest BCUT2D eigenvalue weighted by Crippen LogP contribution is -2.41. The lowest BCUT2D eigenvalue weighted by atomic mass is 10.0. The van der Waals surface area contributed by atoms with Gasteiger partial charge in [-0.2, -0.15) is 0 Å². The van der Waals surface area contributed by atoms with Crippen LogP contribution in [0.2, 0.25) is 5.02 Å². The maximum Gasteiger partial charge on any atom is 0.407 e. The topological polar surface area (TPSA) is 75.0 Å². The average molecular weight is 422 g/mol. The monoisotopic (exact) mass is 421 g/mol. The average Bonchev–Trinajstić information content (AvgIpc) is 2.79. The number of rotatable bonds is 4. The minimum Gasteiger partial charge on any atom is -0.465 e. The molecular formula is C23H20ClN3O3. The van der Waals surface area contributed by atoms with E-state index >= 15 is 0 Å². The minimum atomic E-state index is -0.976. The molecule has 30 heavy (non-hydrogen) atoms. The van der Waals surface area contributed by atoms with Gasteiger partial charge < -0.3 is 14.7 Å². The molecule has 1 amide bonds. The number of hydrogen-bond donors (Lipinski definition) is 1. The number of halogens is 1. The lowest BCUT2D eigenvalue weighted by molar-refractivity contribution is -0.0251. The number of ether oxygens (including phenoxy) is 1. The molecule has 1 fully saturated rings. The second-order valence-corrected chi connectivity index (χ2v) is 7.25. The van der Waals surface area contributed by atoms with E-state index in [-0.39, 0.29) is 6.54 Å². The van der Waals surface area contributed by atoms with Gasteiger partial charge in [0, 0.05) is 17.7 Å². The summed E-state index contributed by atoms with van der Waals surface area (Å²) >= 11 is 6.49. The molecule has 1 atom stereocenters. The maximum atomic E-state index is 11.3. The summed E-state index contributed by atoms with van der Waals surface area (Å²) in [5.74, 6) is 0. The summed E-state index contributed by atoms with van der Waals surface area (Å²) in [4.78, 5) is 21.8. The number of pyridine rings is 1. The Bertz CT molecular complexity index is 1020. The molecule has 1 aliphatic heterocycles. The summed E-state index contributed by atoms with van der Waals surface area (Å²) in [6.45, 7) is 0.842. The predicted molar refractivity (Wildman–Crippen MR) is 116 cm³/mol. The Hall–Kier alpha value is -3.22. The molecule has 7 heteroatoms. The van der Waals surface area contributed by atoms with Gasteiger partial charge in [0.1, 0.15) is 6.10 Å². The van der Waals surface area contributed by atoms with Crippen LogP contribution in [0.25, 0.3) is 0 Å². The van der Waals surface area contributed by atoms with Crippen molar-refractivity contribution in [2.75, 3.05) is 19.7 Å². The van der Waals surface area contributed by atoms with Crippen LogP contribution in [0.1, 0.15) is 22.9 Å². The Morgan fingerprint density at radius 1 is 1.10 bits per heavy atom. The zero-order valence-electron chi connectivity index (χ0n) is 16.1. The van der Waals surface area contributed by atoms with Gasteiger partial charge in [-0.25, -0.2) is 9.79 Å². The quantitative estimate of drug-likeness (QED) is 0.604. The first-order chi connectivity index (χ1) is 14.6. The Morgan fingerprint density at radius 2 is 1.73 bits per heavy atom. The second kappa shape index (κ2) is 9.07. The van der Waals surface area contributed by atoms with Crippen LogP contribution < -0.4 is 0 Å². The van der Waals surface area contributed by atoms with Crippen molar-refractivity contribution < 1.29 is 14.6 Å². The maximum absolute atomic E-state index is 11.3. The molecule has 1 N–H and O–H groups in total. The molecule has 1 aliphatic rings. The number of carbonyl (C=O) groups is 1. The number of carboxylic acid groups (broad SMARTS) is 1. The third-order valence-corrected chi connectivity index (χ3v) is 5.14. The van der Waals surface area contributed by atoms with Crippen LogP contribution in [0.4, 0.5) is 10.5 Å². The van der Waals surface area contributed by atoms with Crippen molar-refractivity contribution in [1.82, 2.24) is 9.88 Å². The molecule has 3 aromatic rings. The van der Waals surface area contributed by atoms with E-state index in [1.807, 2.05) is 60.7 Å². The summed E-state index contributed by atoms with van der Waals surface area (Å²) in [5.41, 5.74) is 3.90. The summed E-state index contributed by atoms with van der Waals surface area (Å²) in [6, 6.07) is 21.6. The van der Waals surface area contributed by atoms with Crippen LogP contribution in [0, 0.1) is 0 Å². The van der Waals surface area contributed by atoms with Crippen molar-refractivity contribution in [2.45, 2.75) is 6.10 Å². The fourth-order valence-corrected chi connectivity index (χ4v) is 3.62. The molecule has 1 aromatic heterocycles. The molecule has 2 heterocycles. The Morgan fingerprint density at radius 3 is 2.30 bits per heavy atom. The van der Waals surface area contributed by atoms with Crippen LogP contribution in [-0.4, -0.2) is 46.5 Å². The number of aromatic nitrogens is 1. The Labute approximate surface area is 179 Å². The number of hydrogen-bond acceptors (Lipinski definition) is 4. The highest BCUT2D eigenvalue weighted by atomic mass is 35.5. The summed E-state index contributed by atoms with van der Waals surface area (Å²) in [6.07, 6.45) is 0.162. The van der Waals surface area contributed by atoms with Gasteiger partial charge >= 0.3 is 6.09 Å². The molecule has 1 saturated heterocycles. The highest BCUT2D eigenvalue weighted by Gasteiger charge is 2.27. The van der Waals surface area contributed by atoms with Crippen molar-refractivity contribution in [1.29, 1.82) is 0 Å². The van der Waals surface area contributed by atoms with Gasteiger partial charge in [-0.3, -0.25) is 4.98 Å². The van der Waals surface area contributed by atoms with E-state index in [0.29, 0.717) is 29.6 Å². The number of aliphatic imine (C=N–C) groups is 1. The Balaban J connectivity index is 1.67. The molecule has 152 valence electrons. The molecule has 0 aliphatic carbocycles. The predicted octanol–water partition coefficient (Wildman–Crippen LogP) is 4.96. The van der Waals surface area contributed by atoms with Crippen molar-refractivity contribution in [3.63, 3.8) is 0 Å². The second-order valence-electron chi connectivity index (χ2n) is 6.84. The molecule has 0 bridgehead atoms. The standard InChI is InChI=1S/C23H20ClN3O3/c24-19-13-18(14-25-22(19)20-15-27(23(28)29)11-12-30-20)26-21(16-7-3-1-4-8-16)17-9-5-2-6-10-17/h1-10,13-14,20H,11-12,15H2,(H,28,29). The fraction of sp³-hybridized carbons (Fsp3) is 0.174. The number of amides is 1. The third kappa shape index (κ3) is 4.50. The van der Waals surface area contributed by atoms with Crippen LogP contribution in [0.15, 0.2) is 77.9 Å². The van der Waals surface area contributed by atoms with Gasteiger partial charge in [-0.15, -0.1) is 0 Å². The fourth-order valence-electron chi connectivity index (χ4n) is 3.34. The smallest absolute Gasteiger partial charge is 0.407 e. The van der Waals surface area contributed by atoms with Gasteiger partial charge in [-0.1, -0.05) is 72.3 Å². The van der Waals surface area contributed by atoms with Crippen molar-refractivity contribution in [3.05, 3.63) is 94.8 Å². The lowest BCUT2D eigenvalue weighted by Gasteiger charge is -2.30. The zero-order chi connectivity index (χ0) is 20.9. The van der Waals surface area contributed by atoms with E-state index in [0.717, 1.165) is 16.8 Å². The molecule has 2 aromatic carbocycles. The molecule has 0 radical (unpaired) electrons. The van der Waals surface area contributed by atoms with Gasteiger partial charge in [0.25, 0.3) is 0 Å². The molecule has 1 unspecified atom stereocenters. The zero-order valence-corrected chi connectivity index (χ0v) is 16.9. The number of benzene rings is 2. The molecular weight excluding hydrogens is 402 g/mol. The summed E-state index contributed by atoms with van der Waals surface area (Å²) in [7, 11) is 0. The first-order valence-electron chi connectivity index (χ1n) is 9.56. The van der Waals surface area contributed by atoms with Crippen LogP contribution in [0.3, 0.4) is 0 Å². The molecule has 6 nitrogen and oxygen atoms in total. The van der Waals surface area contributed by atoms with Gasteiger partial charge in [0.05, 0.1) is 41.5 Å². The van der Waals surface area contributed by atoms with E-state index in [1.54, 1.807) is 12.3 Å². The van der Waals surface area contributed by atoms with Crippen LogP contribution >= 0.6 is 11.6 Å². The van der Waals surface area contributed by atoms with E-state index in [4.69, 9.17) is 21.3 Å². The highest BCUT2D eigenvalue weighted by Crippen LogP contribution is 2.30. The van der Waals surface area contributed by atoms with Crippen molar-refractivity contribution >= 4 is 29.1 Å². The van der Waals surface area contributed by atoms with Crippen LogP contribution in [-0.2, 0) is 4.74 Å². The first-order valence-corrected chi connectivity index (χ1v) is 9.94. The largest absolute Gasteiger partial charge is 0.465 e.